The van der Waals surface area contributed by atoms with Crippen LogP contribution in [0.15, 0.2) is 54.6 Å². The van der Waals surface area contributed by atoms with Crippen molar-refractivity contribution in [3.05, 3.63) is 71.4 Å². The molecule has 6 nitrogen and oxygen atoms in total. The second kappa shape index (κ2) is 8.40. The number of aryl methyl sites for hydroxylation is 1. The Morgan fingerprint density at radius 2 is 1.77 bits per heavy atom. The predicted octanol–water partition coefficient (Wildman–Crippen LogP) is 4.80. The van der Waals surface area contributed by atoms with Crippen LogP contribution in [0.1, 0.15) is 35.0 Å². The van der Waals surface area contributed by atoms with Crippen molar-refractivity contribution in [2.45, 2.75) is 26.4 Å². The van der Waals surface area contributed by atoms with Crippen molar-refractivity contribution in [1.82, 2.24) is 9.78 Å². The Morgan fingerprint density at radius 1 is 1.03 bits per heavy atom. The molecule has 0 saturated heterocycles. The second-order valence-electron chi connectivity index (χ2n) is 6.57. The van der Waals surface area contributed by atoms with Gasteiger partial charge in [0.05, 0.1) is 16.9 Å². The first kappa shape index (κ1) is 21.1. The third-order valence-corrected chi connectivity index (χ3v) is 4.22. The average Bonchev–Trinajstić information content (AvgIpc) is 3.07. The Labute approximate surface area is 170 Å². The highest BCUT2D eigenvalue weighted by Crippen LogP contribution is 2.31. The van der Waals surface area contributed by atoms with E-state index in [2.05, 4.69) is 15.7 Å². The van der Waals surface area contributed by atoms with Crippen LogP contribution in [0.5, 0.6) is 0 Å². The monoisotopic (exact) mass is 416 g/mol. The molecule has 2 aromatic carbocycles. The van der Waals surface area contributed by atoms with Gasteiger partial charge in [-0.2, -0.15) is 18.3 Å². The molecule has 1 heterocycles. The van der Waals surface area contributed by atoms with Crippen LogP contribution in [0, 0.1) is 6.92 Å². The van der Waals surface area contributed by atoms with E-state index < -0.39 is 17.6 Å². The lowest BCUT2D eigenvalue weighted by Crippen LogP contribution is -2.16. The van der Waals surface area contributed by atoms with Gasteiger partial charge in [0.1, 0.15) is 5.82 Å². The van der Waals surface area contributed by atoms with Crippen LogP contribution in [0.25, 0.3) is 5.69 Å². The fourth-order valence-corrected chi connectivity index (χ4v) is 2.78. The summed E-state index contributed by atoms with van der Waals surface area (Å²) in [6.07, 6.45) is -4.20. The summed E-state index contributed by atoms with van der Waals surface area (Å²) in [5.41, 5.74) is 0.615. The summed E-state index contributed by atoms with van der Waals surface area (Å²) < 4.78 is 40.4. The van der Waals surface area contributed by atoms with Crippen molar-refractivity contribution in [2.24, 2.45) is 0 Å². The van der Waals surface area contributed by atoms with Crippen LogP contribution >= 0.6 is 0 Å². The molecule has 2 N–H and O–H groups in total. The van der Waals surface area contributed by atoms with Gasteiger partial charge in [0, 0.05) is 23.7 Å². The number of carbonyl (C=O) groups is 2. The van der Waals surface area contributed by atoms with E-state index >= 15 is 0 Å². The lowest BCUT2D eigenvalue weighted by Gasteiger charge is -2.12. The van der Waals surface area contributed by atoms with Gasteiger partial charge in [-0.25, -0.2) is 4.68 Å². The van der Waals surface area contributed by atoms with Gasteiger partial charge in [0.25, 0.3) is 5.91 Å². The fourth-order valence-electron chi connectivity index (χ4n) is 2.78. The van der Waals surface area contributed by atoms with Gasteiger partial charge >= 0.3 is 6.18 Å². The molecule has 0 aliphatic heterocycles. The molecule has 0 fully saturated rings. The lowest BCUT2D eigenvalue weighted by molar-refractivity contribution is -0.137. The molecule has 9 heteroatoms. The summed E-state index contributed by atoms with van der Waals surface area (Å²) in [5, 5.41) is 9.53. The van der Waals surface area contributed by atoms with E-state index in [1.54, 1.807) is 38.1 Å². The third-order valence-electron chi connectivity index (χ3n) is 4.22. The van der Waals surface area contributed by atoms with Crippen LogP contribution in [-0.2, 0) is 11.0 Å². The summed E-state index contributed by atoms with van der Waals surface area (Å²) in [6, 6.07) is 12.6. The third kappa shape index (κ3) is 4.86. The summed E-state index contributed by atoms with van der Waals surface area (Å²) in [4.78, 5) is 24.2. The number of carbonyl (C=O) groups excluding carboxylic acids is 2. The number of hydrogen-bond donors (Lipinski definition) is 2. The number of hydrogen-bond acceptors (Lipinski definition) is 3. The minimum atomic E-state index is -4.50. The zero-order chi connectivity index (χ0) is 21.9. The van der Waals surface area contributed by atoms with E-state index in [-0.39, 0.29) is 23.0 Å². The molecule has 0 unspecified atom stereocenters. The Balaban J connectivity index is 1.88. The quantitative estimate of drug-likeness (QED) is 0.627. The molecule has 0 aliphatic carbocycles. The molecule has 0 aliphatic rings. The van der Waals surface area contributed by atoms with E-state index in [9.17, 15) is 22.8 Å². The number of benzene rings is 2. The number of nitrogens with zero attached hydrogens (tertiary/aromatic N) is 2. The van der Waals surface area contributed by atoms with Crippen LogP contribution in [-0.4, -0.2) is 21.6 Å². The van der Waals surface area contributed by atoms with Crippen molar-refractivity contribution in [1.29, 1.82) is 0 Å². The van der Waals surface area contributed by atoms with Gasteiger partial charge in [-0.3, -0.25) is 9.59 Å². The minimum absolute atomic E-state index is 0.164. The van der Waals surface area contributed by atoms with Crippen molar-refractivity contribution in [3.8, 4) is 5.69 Å². The van der Waals surface area contributed by atoms with Gasteiger partial charge in [-0.05, 0) is 43.3 Å². The Morgan fingerprint density at radius 3 is 2.47 bits per heavy atom. The minimum Gasteiger partial charge on any atom is -0.326 e. The molecule has 1 aromatic heterocycles. The molecule has 0 atom stereocenters. The molecule has 3 aromatic rings. The number of alkyl halides is 3. The normalized spacial score (nSPS) is 11.2. The molecule has 0 saturated carbocycles. The molecule has 30 heavy (non-hydrogen) atoms. The van der Waals surface area contributed by atoms with Crippen molar-refractivity contribution in [2.75, 3.05) is 10.6 Å². The maximum Gasteiger partial charge on any atom is 0.416 e. The standard InChI is InChI=1S/C21H19F3N4O2/c1-3-19(29)25-16-8-4-6-14(11-16)20(30)26-18-10-13(2)27-28(18)17-9-5-7-15(12-17)21(22,23)24/h4-12H,3H2,1-2H3,(H,25,29)(H,26,30). The number of anilines is 2. The smallest absolute Gasteiger partial charge is 0.326 e. The summed E-state index contributed by atoms with van der Waals surface area (Å²) >= 11 is 0. The van der Waals surface area contributed by atoms with Crippen LogP contribution in [0.4, 0.5) is 24.7 Å². The molecule has 156 valence electrons. The largest absolute Gasteiger partial charge is 0.416 e. The van der Waals surface area contributed by atoms with Crippen molar-refractivity contribution < 1.29 is 22.8 Å². The lowest BCUT2D eigenvalue weighted by atomic mass is 10.2. The van der Waals surface area contributed by atoms with Crippen molar-refractivity contribution >= 4 is 23.3 Å². The van der Waals surface area contributed by atoms with E-state index in [0.29, 0.717) is 17.8 Å². The number of halogens is 3. The summed E-state index contributed by atoms with van der Waals surface area (Å²) in [6.45, 7) is 3.38. The average molecular weight is 416 g/mol. The van der Waals surface area contributed by atoms with E-state index in [1.807, 2.05) is 0 Å². The highest BCUT2D eigenvalue weighted by molar-refractivity contribution is 6.05. The van der Waals surface area contributed by atoms with Gasteiger partial charge in [0.2, 0.25) is 5.91 Å². The number of rotatable bonds is 5. The van der Waals surface area contributed by atoms with E-state index in [1.165, 1.54) is 22.9 Å². The van der Waals surface area contributed by atoms with Crippen molar-refractivity contribution in [3.63, 3.8) is 0 Å². The number of amides is 2. The number of aromatic nitrogens is 2. The molecular formula is C21H19F3N4O2. The Bertz CT molecular complexity index is 1090. The predicted molar refractivity (Wildman–Crippen MR) is 107 cm³/mol. The van der Waals surface area contributed by atoms with E-state index in [4.69, 9.17) is 0 Å². The maximum absolute atomic E-state index is 13.0. The summed E-state index contributed by atoms with van der Waals surface area (Å²) in [7, 11) is 0. The Hall–Kier alpha value is -3.62. The Kier molecular flexibility index (Phi) is 5.91. The zero-order valence-electron chi connectivity index (χ0n) is 16.2. The SMILES string of the molecule is CCC(=O)Nc1cccc(C(=O)Nc2cc(C)nn2-c2cccc(C(F)(F)F)c2)c1. The van der Waals surface area contributed by atoms with Crippen LogP contribution in [0.3, 0.4) is 0 Å². The van der Waals surface area contributed by atoms with Gasteiger partial charge in [0.15, 0.2) is 0 Å². The van der Waals surface area contributed by atoms with Crippen LogP contribution < -0.4 is 10.6 Å². The van der Waals surface area contributed by atoms with Crippen LogP contribution in [0.2, 0.25) is 0 Å². The fraction of sp³-hybridized carbons (Fsp3) is 0.190. The molecule has 0 spiro atoms. The van der Waals surface area contributed by atoms with Gasteiger partial charge < -0.3 is 10.6 Å². The number of nitrogens with one attached hydrogen (secondary N) is 2. The summed E-state index contributed by atoms with van der Waals surface area (Å²) in [5.74, 6) is -0.457. The van der Waals surface area contributed by atoms with E-state index in [0.717, 1.165) is 12.1 Å². The molecule has 0 radical (unpaired) electrons. The first-order valence-corrected chi connectivity index (χ1v) is 9.13. The molecule has 2 amide bonds. The first-order chi connectivity index (χ1) is 14.2. The highest BCUT2D eigenvalue weighted by Gasteiger charge is 2.30. The maximum atomic E-state index is 13.0. The zero-order valence-corrected chi connectivity index (χ0v) is 16.2. The first-order valence-electron chi connectivity index (χ1n) is 9.13. The van der Waals surface area contributed by atoms with Gasteiger partial charge in [-0.1, -0.05) is 19.1 Å². The molecule has 3 rings (SSSR count). The second-order valence-corrected chi connectivity index (χ2v) is 6.57. The molecule has 0 bridgehead atoms. The topological polar surface area (TPSA) is 76.0 Å². The highest BCUT2D eigenvalue weighted by atomic mass is 19.4. The molecular weight excluding hydrogens is 397 g/mol. The van der Waals surface area contributed by atoms with Gasteiger partial charge in [-0.15, -0.1) is 0 Å².